The summed E-state index contributed by atoms with van der Waals surface area (Å²) in [5, 5.41) is 101. The summed E-state index contributed by atoms with van der Waals surface area (Å²) in [5.41, 5.74) is -1.67. The molecule has 12 unspecified atom stereocenters. The minimum absolute atomic E-state index is 0.158. The molecule has 15 nitrogen and oxygen atoms in total. The summed E-state index contributed by atoms with van der Waals surface area (Å²) in [7, 11) is 0. The maximum atomic E-state index is 10.9. The number of hydrogen-bond donors (Lipinski definition) is 10. The number of hydrogen-bond acceptors (Lipinski definition) is 15. The van der Waals surface area contributed by atoms with Gasteiger partial charge in [0.05, 0.1) is 32.0 Å². The number of aliphatic hydroxyl groups is 10. The van der Waals surface area contributed by atoms with Crippen LogP contribution in [0.4, 0.5) is 0 Å². The van der Waals surface area contributed by atoms with E-state index in [1.54, 1.807) is 0 Å². The van der Waals surface area contributed by atoms with Gasteiger partial charge < -0.3 is 74.7 Å². The molecule has 0 spiro atoms. The topological polar surface area (TPSA) is 248 Å². The molecule has 0 aromatic rings. The predicted molar refractivity (Wildman–Crippen MR) is 111 cm³/mol. The van der Waals surface area contributed by atoms with E-state index in [0.29, 0.717) is 0 Å². The Balaban J connectivity index is 1.60. The number of aliphatic hydroxyl groups excluding tert-OH is 10. The van der Waals surface area contributed by atoms with Gasteiger partial charge in [-0.15, -0.1) is 0 Å². The maximum absolute atomic E-state index is 10.9. The van der Waals surface area contributed by atoms with Gasteiger partial charge in [0.15, 0.2) is 12.6 Å². The molecule has 36 heavy (non-hydrogen) atoms. The van der Waals surface area contributed by atoms with Crippen LogP contribution in [0.25, 0.3) is 0 Å². The molecule has 4 rings (SSSR count). The smallest absolute Gasteiger partial charge is 0.211 e. The second-order valence-electron chi connectivity index (χ2n) is 9.13. The van der Waals surface area contributed by atoms with Crippen LogP contribution < -0.4 is 0 Å². The third-order valence-corrected chi connectivity index (χ3v) is 7.00. The highest BCUT2D eigenvalue weighted by Crippen LogP contribution is 2.47. The highest BCUT2D eigenvalue weighted by Gasteiger charge is 2.60. The molecule has 0 amide bonds. The van der Waals surface area contributed by atoms with Crippen molar-refractivity contribution in [1.82, 2.24) is 0 Å². The molecule has 0 saturated carbocycles. The van der Waals surface area contributed by atoms with E-state index in [1.165, 1.54) is 12.2 Å². The van der Waals surface area contributed by atoms with Crippen molar-refractivity contribution in [2.45, 2.75) is 79.4 Å². The lowest BCUT2D eigenvalue weighted by Crippen LogP contribution is -2.64. The van der Waals surface area contributed by atoms with Gasteiger partial charge in [-0.1, -0.05) is 6.08 Å². The van der Waals surface area contributed by atoms with Crippen LogP contribution in [0.2, 0.25) is 0 Å². The molecule has 10 N–H and O–H groups in total. The van der Waals surface area contributed by atoms with Crippen molar-refractivity contribution >= 4 is 0 Å². The summed E-state index contributed by atoms with van der Waals surface area (Å²) in [6.07, 6.45) is -15.6. The Hall–Kier alpha value is -1.28. The van der Waals surface area contributed by atoms with Crippen molar-refractivity contribution in [3.8, 4) is 0 Å². The number of rotatable bonds is 7. The van der Waals surface area contributed by atoms with Crippen LogP contribution in [0.3, 0.4) is 0 Å². The van der Waals surface area contributed by atoms with E-state index < -0.39 is 105 Å². The Morgan fingerprint density at radius 2 is 1.28 bits per heavy atom. The van der Waals surface area contributed by atoms with Crippen molar-refractivity contribution in [3.05, 3.63) is 24.0 Å². The Morgan fingerprint density at radius 1 is 0.722 bits per heavy atom. The summed E-state index contributed by atoms with van der Waals surface area (Å²) in [5.74, 6) is -1.16. The monoisotopic (exact) mass is 524 g/mol. The quantitative estimate of drug-likeness (QED) is 0.139. The average molecular weight is 524 g/mol. The lowest BCUT2D eigenvalue weighted by atomic mass is 9.82. The summed E-state index contributed by atoms with van der Waals surface area (Å²) in [6.45, 7) is -2.02. The van der Waals surface area contributed by atoms with Gasteiger partial charge in [0.1, 0.15) is 60.5 Å². The number of ether oxygens (including phenoxy) is 5. The maximum Gasteiger partial charge on any atom is 0.211 e. The molecule has 0 radical (unpaired) electrons. The molecule has 15 heteroatoms. The Morgan fingerprint density at radius 3 is 1.83 bits per heavy atom. The molecule has 3 heterocycles. The van der Waals surface area contributed by atoms with E-state index in [-0.39, 0.29) is 5.57 Å². The molecule has 0 aromatic heterocycles. The fourth-order valence-corrected chi connectivity index (χ4v) is 4.92. The first-order chi connectivity index (χ1) is 17.1. The zero-order valence-corrected chi connectivity index (χ0v) is 18.9. The predicted octanol–water partition coefficient (Wildman–Crippen LogP) is -5.86. The Bertz CT molecular complexity index is 819. The highest BCUT2D eigenvalue weighted by molar-refractivity contribution is 5.34. The summed E-state index contributed by atoms with van der Waals surface area (Å²) < 4.78 is 27.9. The molecular weight excluding hydrogens is 492 g/mol. The largest absolute Gasteiger partial charge is 0.472 e. The van der Waals surface area contributed by atoms with E-state index in [9.17, 15) is 51.1 Å². The first kappa shape index (κ1) is 27.7. The molecule has 0 aromatic carbocycles. The molecule has 14 atom stereocenters. The van der Waals surface area contributed by atoms with E-state index >= 15 is 0 Å². The lowest BCUT2D eigenvalue weighted by molar-refractivity contribution is -0.362. The van der Waals surface area contributed by atoms with Crippen LogP contribution in [-0.4, -0.2) is 150 Å². The highest BCUT2D eigenvalue weighted by atomic mass is 16.8. The molecule has 2 saturated heterocycles. The Kier molecular flexibility index (Phi) is 8.35. The van der Waals surface area contributed by atoms with Gasteiger partial charge in [-0.05, 0) is 11.6 Å². The molecular formula is C21H32O15. The Labute approximate surface area is 204 Å². The fraction of sp³-hybridized carbons (Fsp3) is 0.810. The van der Waals surface area contributed by atoms with E-state index in [2.05, 4.69) is 0 Å². The van der Waals surface area contributed by atoms with Gasteiger partial charge in [-0.25, -0.2) is 0 Å². The van der Waals surface area contributed by atoms with E-state index in [4.69, 9.17) is 23.7 Å². The van der Waals surface area contributed by atoms with Gasteiger partial charge >= 0.3 is 0 Å². The second kappa shape index (κ2) is 10.8. The zero-order valence-electron chi connectivity index (χ0n) is 18.9. The van der Waals surface area contributed by atoms with Gasteiger partial charge in [-0.2, -0.15) is 0 Å². The third-order valence-electron chi connectivity index (χ3n) is 7.00. The molecule has 4 aliphatic rings. The third kappa shape index (κ3) is 4.59. The minimum atomic E-state index is -1.83. The van der Waals surface area contributed by atoms with Crippen molar-refractivity contribution in [3.63, 3.8) is 0 Å². The fourth-order valence-electron chi connectivity index (χ4n) is 4.92. The van der Waals surface area contributed by atoms with Crippen molar-refractivity contribution < 1.29 is 74.7 Å². The van der Waals surface area contributed by atoms with E-state index in [0.717, 1.165) is 6.26 Å². The van der Waals surface area contributed by atoms with Gasteiger partial charge in [0.25, 0.3) is 0 Å². The first-order valence-corrected chi connectivity index (χ1v) is 11.4. The van der Waals surface area contributed by atoms with Gasteiger partial charge in [0, 0.05) is 0 Å². The average Bonchev–Trinajstić information content (AvgIpc) is 3.16. The molecule has 0 bridgehead atoms. The molecule has 3 aliphatic heterocycles. The molecule has 2 fully saturated rings. The van der Waals surface area contributed by atoms with Crippen LogP contribution in [0.15, 0.2) is 24.0 Å². The van der Waals surface area contributed by atoms with Crippen LogP contribution in [0.5, 0.6) is 0 Å². The minimum Gasteiger partial charge on any atom is -0.472 e. The molecule has 1 aliphatic carbocycles. The summed E-state index contributed by atoms with van der Waals surface area (Å²) >= 11 is 0. The van der Waals surface area contributed by atoms with Crippen LogP contribution in [-0.2, 0) is 23.7 Å². The lowest BCUT2D eigenvalue weighted by Gasteiger charge is -2.48. The van der Waals surface area contributed by atoms with Crippen LogP contribution in [0, 0.1) is 5.92 Å². The second-order valence-corrected chi connectivity index (χ2v) is 9.13. The van der Waals surface area contributed by atoms with Crippen molar-refractivity contribution in [2.24, 2.45) is 5.92 Å². The first-order valence-electron chi connectivity index (χ1n) is 11.4. The summed E-state index contributed by atoms with van der Waals surface area (Å²) in [4.78, 5) is 0. The van der Waals surface area contributed by atoms with Gasteiger partial charge in [-0.3, -0.25) is 0 Å². The zero-order chi connectivity index (χ0) is 26.4. The standard InChI is InChI=1S/C21H32O15/c22-4-7-3-10(25)21(36-20-17(31)15(29)13(27)9(6-24)34-20)1-2-32-18(11(7)21)35-19-16(30)14(28)12(26)8(5-23)33-19/h1-3,8-20,22-31H,4-6H2/t8?,9?,10?,11-,12?,13?,14?,15?,16?,17?,18?,19?,20?,21-/m1/s1. The number of fused-ring (bicyclic) bond motifs is 1. The van der Waals surface area contributed by atoms with Crippen molar-refractivity contribution in [1.29, 1.82) is 0 Å². The SMILES string of the molecule is OCC1=CC(O)[C@]2(OC3OC(CO)C(O)C(O)C3O)C=COC(OC3OC(CO)C(O)C(O)C3O)[C@@H]12. The summed E-state index contributed by atoms with van der Waals surface area (Å²) in [6, 6.07) is 0. The van der Waals surface area contributed by atoms with Gasteiger partial charge in [0.2, 0.25) is 6.29 Å². The van der Waals surface area contributed by atoms with Crippen molar-refractivity contribution in [2.75, 3.05) is 19.8 Å². The normalized spacial score (nSPS) is 50.9. The van der Waals surface area contributed by atoms with Crippen LogP contribution in [0.1, 0.15) is 0 Å². The van der Waals surface area contributed by atoms with E-state index in [1.807, 2.05) is 0 Å². The van der Waals surface area contributed by atoms with Crippen LogP contribution >= 0.6 is 0 Å². The molecule has 206 valence electrons.